The minimum atomic E-state index is -5.30. The number of rotatable bonds is 12. The third-order valence-corrected chi connectivity index (χ3v) is 6.09. The van der Waals surface area contributed by atoms with Gasteiger partial charge in [0.25, 0.3) is 5.91 Å². The van der Waals surface area contributed by atoms with Gasteiger partial charge in [0.1, 0.15) is 24.7 Å². The number of nitrogens with zero attached hydrogens (tertiary/aromatic N) is 1. The smallest absolute Gasteiger partial charge is 0.283 e. The van der Waals surface area contributed by atoms with Crippen molar-refractivity contribution in [1.82, 2.24) is 15.5 Å². The van der Waals surface area contributed by atoms with Crippen LogP contribution in [0.2, 0.25) is 0 Å². The molecule has 36 heavy (non-hydrogen) atoms. The molecule has 0 bridgehead atoms. The first-order valence-corrected chi connectivity index (χ1v) is 12.7. The minimum Gasteiger partial charge on any atom is -0.790 e. The number of amides is 4. The van der Waals surface area contributed by atoms with Crippen LogP contribution >= 0.6 is 7.82 Å². The third-order valence-electron chi connectivity index (χ3n) is 5.63. The van der Waals surface area contributed by atoms with Gasteiger partial charge in [0, 0.05) is 13.0 Å². The van der Waals surface area contributed by atoms with Crippen LogP contribution in [0.3, 0.4) is 0 Å². The Morgan fingerprint density at radius 2 is 1.89 bits per heavy atom. The molecule has 0 saturated carbocycles. The van der Waals surface area contributed by atoms with Crippen molar-refractivity contribution < 1.29 is 48.9 Å². The number of carbonyl (C=O) groups excluding carboxylic acids is 4. The highest BCUT2D eigenvalue weighted by Crippen LogP contribution is 2.25. The maximum Gasteiger partial charge on any atom is 0.283 e. The summed E-state index contributed by atoms with van der Waals surface area (Å²) in [5.41, 5.74) is 9.64. The van der Waals surface area contributed by atoms with E-state index in [0.29, 0.717) is 6.42 Å². The van der Waals surface area contributed by atoms with Crippen LogP contribution in [0.15, 0.2) is 30.3 Å². The molecule has 1 aliphatic heterocycles. The summed E-state index contributed by atoms with van der Waals surface area (Å²) in [5, 5.41) is 15.0. The maximum atomic E-state index is 12.9. The predicted octanol–water partition coefficient (Wildman–Crippen LogP) is -4.49. The predicted molar refractivity (Wildman–Crippen MR) is 120 cm³/mol. The number of quaternary nitrogens is 1. The van der Waals surface area contributed by atoms with Gasteiger partial charge in [0.2, 0.25) is 17.7 Å². The summed E-state index contributed by atoms with van der Waals surface area (Å²) in [6.07, 6.45) is -0.591. The van der Waals surface area contributed by atoms with Crippen LogP contribution in [0.25, 0.3) is 0 Å². The van der Waals surface area contributed by atoms with Crippen LogP contribution in [0, 0.1) is 0 Å². The first-order valence-electron chi connectivity index (χ1n) is 11.2. The molecular formula is C21H31N5O9P-. The van der Waals surface area contributed by atoms with E-state index in [9.17, 15) is 38.6 Å². The van der Waals surface area contributed by atoms with E-state index < -0.39 is 68.3 Å². The lowest BCUT2D eigenvalue weighted by Gasteiger charge is -2.31. The molecule has 1 saturated heterocycles. The molecule has 8 N–H and O–H groups in total. The Labute approximate surface area is 207 Å². The molecule has 14 nitrogen and oxygen atoms in total. The summed E-state index contributed by atoms with van der Waals surface area (Å²) < 4.78 is 14.8. The van der Waals surface area contributed by atoms with Crippen LogP contribution in [-0.4, -0.2) is 77.1 Å². The molecule has 0 aliphatic carbocycles. The van der Waals surface area contributed by atoms with E-state index in [0.717, 1.165) is 10.5 Å². The molecule has 0 spiro atoms. The fraction of sp³-hybridized carbons (Fsp3) is 0.524. The maximum absolute atomic E-state index is 12.9. The Morgan fingerprint density at radius 1 is 1.25 bits per heavy atom. The molecule has 0 unspecified atom stereocenters. The summed E-state index contributed by atoms with van der Waals surface area (Å²) in [7, 11) is -5.30. The van der Waals surface area contributed by atoms with Crippen LogP contribution < -0.4 is 31.9 Å². The van der Waals surface area contributed by atoms with E-state index in [1.54, 1.807) is 30.3 Å². The first-order chi connectivity index (χ1) is 16.8. The molecule has 5 atom stereocenters. The summed E-state index contributed by atoms with van der Waals surface area (Å²) in [4.78, 5) is 72.8. The molecule has 1 heterocycles. The minimum absolute atomic E-state index is 0.0971. The topological polar surface area (TPSA) is 242 Å². The number of nitrogens with one attached hydrogen (secondary N) is 2. The van der Waals surface area contributed by atoms with Crippen molar-refractivity contribution in [3.8, 4) is 0 Å². The average Bonchev–Trinajstić information content (AvgIpc) is 3.29. The zero-order valence-corrected chi connectivity index (χ0v) is 20.6. The standard InChI is InChI=1S/C21H32N5O9P/c1-12(27)17(20(30)24-15(18(23)28)10-13-6-3-2-4-7-13)25-19(29)16-8-5-9-26(16)21(31)14(22)11-35-36(32,33)34/h2-4,6-7,12,14-17,27H,5,8-11,22H2,1H3,(H2,23,28)(H,24,30)(H,25,29)(H2,32,33,34)/p-1/t12-,14+,15+,16+,17+/m1/s1. The molecule has 2 rings (SSSR count). The van der Waals surface area contributed by atoms with Gasteiger partial charge in [-0.25, -0.2) is 0 Å². The zero-order chi connectivity index (χ0) is 27.0. The normalized spacial score (nSPS) is 19.1. The molecule has 1 fully saturated rings. The Balaban J connectivity index is 2.06. The average molecular weight is 528 g/mol. The number of benzene rings is 1. The number of nitrogens with two attached hydrogens (primary N) is 1. The van der Waals surface area contributed by atoms with Gasteiger partial charge in [-0.2, -0.15) is 0 Å². The van der Waals surface area contributed by atoms with Gasteiger partial charge in [-0.1, -0.05) is 30.3 Å². The lowest BCUT2D eigenvalue weighted by molar-refractivity contribution is -0.415. The Morgan fingerprint density at radius 3 is 2.44 bits per heavy atom. The number of primary amides is 1. The van der Waals surface area contributed by atoms with E-state index in [4.69, 9.17) is 5.73 Å². The number of aliphatic hydroxyl groups is 1. The molecule has 0 radical (unpaired) electrons. The monoisotopic (exact) mass is 528 g/mol. The van der Waals surface area contributed by atoms with Gasteiger partial charge >= 0.3 is 0 Å². The number of hydrogen-bond donors (Lipinski definition) is 5. The van der Waals surface area contributed by atoms with Crippen LogP contribution in [0.5, 0.6) is 0 Å². The molecule has 15 heteroatoms. The largest absolute Gasteiger partial charge is 0.790 e. The highest BCUT2D eigenvalue weighted by molar-refractivity contribution is 7.43. The SMILES string of the molecule is C[C@@H](O)[C@H](NC(=O)[C@@H]1CCCN1C(=O)[C@@H]([NH3+])COP(=O)([O-])[O-])C(=O)N[C@@H](Cc1ccccc1)C(N)=O. The number of aliphatic hydroxyl groups excluding tert-OH is 1. The molecule has 0 aromatic heterocycles. The van der Waals surface area contributed by atoms with E-state index >= 15 is 0 Å². The van der Waals surface area contributed by atoms with Gasteiger partial charge < -0.3 is 51.0 Å². The van der Waals surface area contributed by atoms with Crippen LogP contribution in [-0.2, 0) is 34.7 Å². The van der Waals surface area contributed by atoms with Crippen molar-refractivity contribution in [2.45, 2.75) is 56.5 Å². The van der Waals surface area contributed by atoms with Gasteiger partial charge in [0.15, 0.2) is 6.04 Å². The van der Waals surface area contributed by atoms with Crippen molar-refractivity contribution in [2.24, 2.45) is 5.73 Å². The summed E-state index contributed by atoms with van der Waals surface area (Å²) in [5.74, 6) is -3.11. The Kier molecular flexibility index (Phi) is 10.5. The summed E-state index contributed by atoms with van der Waals surface area (Å²) in [6.45, 7) is 0.649. The lowest BCUT2D eigenvalue weighted by atomic mass is 10.0. The molecular weight excluding hydrogens is 497 g/mol. The first kappa shape index (κ1) is 29.4. The van der Waals surface area contributed by atoms with Gasteiger partial charge in [0.05, 0.1) is 13.9 Å². The number of phosphoric acid groups is 1. The van der Waals surface area contributed by atoms with E-state index in [1.165, 1.54) is 6.92 Å². The third kappa shape index (κ3) is 8.66. The molecule has 1 aromatic rings. The van der Waals surface area contributed by atoms with Crippen LogP contribution in [0.4, 0.5) is 0 Å². The van der Waals surface area contributed by atoms with Crippen molar-refractivity contribution >= 4 is 31.5 Å². The number of likely N-dealkylation sites (tertiary alicyclic amines) is 1. The number of carbonyl (C=O) groups is 4. The lowest BCUT2D eigenvalue weighted by Crippen LogP contribution is -2.71. The van der Waals surface area contributed by atoms with Crippen molar-refractivity contribution in [1.29, 1.82) is 0 Å². The Hall–Kier alpha value is -2.87. The number of phosphoric ester groups is 1. The van der Waals surface area contributed by atoms with Gasteiger partial charge in [-0.3, -0.25) is 19.2 Å². The Bertz CT molecular complexity index is 987. The highest BCUT2D eigenvalue weighted by Gasteiger charge is 2.39. The molecule has 1 aromatic carbocycles. The van der Waals surface area contributed by atoms with E-state index in [2.05, 4.69) is 20.9 Å². The second-order valence-electron chi connectivity index (χ2n) is 8.51. The summed E-state index contributed by atoms with van der Waals surface area (Å²) in [6, 6.07) is 3.93. The van der Waals surface area contributed by atoms with Crippen molar-refractivity contribution in [3.05, 3.63) is 35.9 Å². The molecule has 4 amide bonds. The zero-order valence-electron chi connectivity index (χ0n) is 19.7. The van der Waals surface area contributed by atoms with Crippen molar-refractivity contribution in [2.75, 3.05) is 13.2 Å². The highest BCUT2D eigenvalue weighted by atomic mass is 31.2. The number of hydrogen-bond acceptors (Lipinski definition) is 9. The summed E-state index contributed by atoms with van der Waals surface area (Å²) >= 11 is 0. The van der Waals surface area contributed by atoms with Crippen molar-refractivity contribution in [3.63, 3.8) is 0 Å². The van der Waals surface area contributed by atoms with Gasteiger partial charge in [-0.15, -0.1) is 0 Å². The van der Waals surface area contributed by atoms with Gasteiger partial charge in [-0.05, 0) is 25.3 Å². The molecule has 1 aliphatic rings. The van der Waals surface area contributed by atoms with E-state index in [-0.39, 0.29) is 19.4 Å². The molecule has 200 valence electrons. The fourth-order valence-corrected chi connectivity index (χ4v) is 4.14. The van der Waals surface area contributed by atoms with E-state index in [1.807, 2.05) is 0 Å². The fourth-order valence-electron chi connectivity index (χ4n) is 3.78. The van der Waals surface area contributed by atoms with Crippen LogP contribution in [0.1, 0.15) is 25.3 Å². The second kappa shape index (κ2) is 12.9. The second-order valence-corrected chi connectivity index (χ2v) is 9.66. The quantitative estimate of drug-likeness (QED) is 0.164.